The first kappa shape index (κ1) is 22.3. The highest BCUT2D eigenvalue weighted by molar-refractivity contribution is 7.91. The van der Waals surface area contributed by atoms with Gasteiger partial charge in [-0.2, -0.15) is 0 Å². The lowest BCUT2D eigenvalue weighted by molar-refractivity contribution is 0.311. The van der Waals surface area contributed by atoms with Crippen molar-refractivity contribution in [1.29, 1.82) is 0 Å². The third-order valence-corrected chi connectivity index (χ3v) is 6.66. The SMILES string of the molecule is CCOc1cc(NC(=NC)NCCNS(=O)(=O)c2ccc(Cl)s2)ccc1OC. The van der Waals surface area contributed by atoms with Crippen LogP contribution in [-0.2, 0) is 10.0 Å². The van der Waals surface area contributed by atoms with Gasteiger partial charge in [0.05, 0.1) is 18.1 Å². The fourth-order valence-corrected chi connectivity index (χ4v) is 4.78. The molecule has 0 spiro atoms. The summed E-state index contributed by atoms with van der Waals surface area (Å²) in [6, 6.07) is 8.45. The molecule has 0 bridgehead atoms. The van der Waals surface area contributed by atoms with Crippen LogP contribution in [0.2, 0.25) is 4.34 Å². The minimum Gasteiger partial charge on any atom is -0.493 e. The summed E-state index contributed by atoms with van der Waals surface area (Å²) < 4.78 is 38.2. The number of rotatable bonds is 9. The van der Waals surface area contributed by atoms with Gasteiger partial charge in [0.1, 0.15) is 4.21 Å². The van der Waals surface area contributed by atoms with Crippen molar-refractivity contribution in [2.24, 2.45) is 4.99 Å². The highest BCUT2D eigenvalue weighted by atomic mass is 35.5. The standard InChI is InChI=1S/C17H23ClN4O4S2/c1-4-26-14-11-12(5-6-13(14)25-3)22-17(19-2)20-9-10-21-28(23,24)16-8-7-15(18)27-16/h5-8,11,21H,4,9-10H2,1-3H3,(H2,19,20,22). The summed E-state index contributed by atoms with van der Waals surface area (Å²) in [5, 5.41) is 6.17. The molecule has 8 nitrogen and oxygen atoms in total. The van der Waals surface area contributed by atoms with Crippen molar-refractivity contribution in [1.82, 2.24) is 10.0 Å². The lowest BCUT2D eigenvalue weighted by Crippen LogP contribution is -2.37. The minimum atomic E-state index is -3.57. The summed E-state index contributed by atoms with van der Waals surface area (Å²) >= 11 is 6.80. The Morgan fingerprint density at radius 1 is 1.21 bits per heavy atom. The summed E-state index contributed by atoms with van der Waals surface area (Å²) in [7, 11) is -0.364. The van der Waals surface area contributed by atoms with E-state index < -0.39 is 10.0 Å². The summed E-state index contributed by atoms with van der Waals surface area (Å²) in [5.41, 5.74) is 0.756. The highest BCUT2D eigenvalue weighted by Gasteiger charge is 2.15. The maximum atomic E-state index is 12.2. The highest BCUT2D eigenvalue weighted by Crippen LogP contribution is 2.30. The Hall–Kier alpha value is -2.01. The zero-order valence-corrected chi connectivity index (χ0v) is 18.2. The molecule has 0 aliphatic rings. The van der Waals surface area contributed by atoms with Gasteiger partial charge >= 0.3 is 0 Å². The van der Waals surface area contributed by atoms with E-state index in [1.807, 2.05) is 13.0 Å². The first-order valence-corrected chi connectivity index (χ1v) is 11.1. The van der Waals surface area contributed by atoms with E-state index >= 15 is 0 Å². The van der Waals surface area contributed by atoms with Crippen LogP contribution in [0.15, 0.2) is 39.5 Å². The summed E-state index contributed by atoms with van der Waals surface area (Å²) in [6.07, 6.45) is 0. The van der Waals surface area contributed by atoms with Gasteiger partial charge in [0.25, 0.3) is 0 Å². The second-order valence-corrected chi connectivity index (χ2v) is 9.09. The Balaban J connectivity index is 1.89. The number of guanidine groups is 1. The lowest BCUT2D eigenvalue weighted by atomic mass is 10.2. The molecular formula is C17H23ClN4O4S2. The van der Waals surface area contributed by atoms with Crippen molar-refractivity contribution >= 4 is 44.6 Å². The molecule has 11 heteroatoms. The second-order valence-electron chi connectivity index (χ2n) is 5.38. The van der Waals surface area contributed by atoms with Crippen molar-refractivity contribution < 1.29 is 17.9 Å². The number of nitrogens with zero attached hydrogens (tertiary/aromatic N) is 1. The van der Waals surface area contributed by atoms with Gasteiger partial charge in [-0.1, -0.05) is 11.6 Å². The molecule has 1 heterocycles. The number of aliphatic imine (C=N–C) groups is 1. The minimum absolute atomic E-state index is 0.182. The number of thiophene rings is 1. The molecule has 154 valence electrons. The maximum Gasteiger partial charge on any atom is 0.250 e. The molecule has 0 saturated carbocycles. The number of nitrogens with one attached hydrogen (secondary N) is 3. The lowest BCUT2D eigenvalue weighted by Gasteiger charge is -2.15. The van der Waals surface area contributed by atoms with E-state index in [9.17, 15) is 8.42 Å². The van der Waals surface area contributed by atoms with Crippen molar-refractivity contribution in [3.63, 3.8) is 0 Å². The fraction of sp³-hybridized carbons (Fsp3) is 0.353. The van der Waals surface area contributed by atoms with E-state index in [4.69, 9.17) is 21.1 Å². The van der Waals surface area contributed by atoms with Crippen LogP contribution in [0.4, 0.5) is 5.69 Å². The molecule has 2 aromatic rings. The number of anilines is 1. The number of ether oxygens (including phenoxy) is 2. The molecule has 0 aliphatic heterocycles. The van der Waals surface area contributed by atoms with Crippen LogP contribution in [0.5, 0.6) is 11.5 Å². The molecule has 0 fully saturated rings. The van der Waals surface area contributed by atoms with Crippen LogP contribution in [0.3, 0.4) is 0 Å². The van der Waals surface area contributed by atoms with Crippen LogP contribution < -0.4 is 24.8 Å². The first-order valence-electron chi connectivity index (χ1n) is 8.43. The molecule has 0 atom stereocenters. The van der Waals surface area contributed by atoms with Crippen molar-refractivity contribution in [3.05, 3.63) is 34.7 Å². The Morgan fingerprint density at radius 3 is 2.61 bits per heavy atom. The molecular weight excluding hydrogens is 424 g/mol. The Kier molecular flexibility index (Phi) is 8.36. The van der Waals surface area contributed by atoms with E-state index in [1.165, 1.54) is 6.07 Å². The Labute approximate surface area is 174 Å². The van der Waals surface area contributed by atoms with Crippen LogP contribution in [0.1, 0.15) is 6.92 Å². The van der Waals surface area contributed by atoms with E-state index in [-0.39, 0.29) is 10.8 Å². The van der Waals surface area contributed by atoms with Crippen molar-refractivity contribution in [2.75, 3.05) is 39.2 Å². The quantitative estimate of drug-likeness (QED) is 0.311. The number of halogens is 1. The third kappa shape index (κ3) is 6.26. The third-order valence-electron chi connectivity index (χ3n) is 3.47. The number of benzene rings is 1. The zero-order valence-electron chi connectivity index (χ0n) is 15.8. The van der Waals surface area contributed by atoms with Crippen molar-refractivity contribution in [3.8, 4) is 11.5 Å². The molecule has 1 aromatic heterocycles. The maximum absolute atomic E-state index is 12.2. The number of hydrogen-bond donors (Lipinski definition) is 3. The number of sulfonamides is 1. The van der Waals surface area contributed by atoms with Crippen LogP contribution in [0.25, 0.3) is 0 Å². The average Bonchev–Trinajstić information content (AvgIpc) is 3.12. The molecule has 3 N–H and O–H groups in total. The van der Waals surface area contributed by atoms with Crippen LogP contribution >= 0.6 is 22.9 Å². The first-order chi connectivity index (χ1) is 13.4. The molecule has 0 saturated heterocycles. The molecule has 0 radical (unpaired) electrons. The molecule has 0 unspecified atom stereocenters. The molecule has 1 aromatic carbocycles. The predicted octanol–water partition coefficient (Wildman–Crippen LogP) is 2.77. The van der Waals surface area contributed by atoms with E-state index in [2.05, 4.69) is 20.3 Å². The van der Waals surface area contributed by atoms with Gasteiger partial charge in [-0.3, -0.25) is 4.99 Å². The normalized spacial score (nSPS) is 11.9. The Morgan fingerprint density at radius 2 is 2.00 bits per heavy atom. The van der Waals surface area contributed by atoms with E-state index in [0.717, 1.165) is 17.0 Å². The predicted molar refractivity (Wildman–Crippen MR) is 114 cm³/mol. The number of hydrogen-bond acceptors (Lipinski definition) is 6. The van der Waals surface area contributed by atoms with Gasteiger partial charge in [-0.15, -0.1) is 11.3 Å². The monoisotopic (exact) mass is 446 g/mol. The average molecular weight is 447 g/mol. The topological polar surface area (TPSA) is 101 Å². The Bertz CT molecular complexity index is 916. The van der Waals surface area contributed by atoms with Gasteiger partial charge in [-0.25, -0.2) is 13.1 Å². The smallest absolute Gasteiger partial charge is 0.250 e. The summed E-state index contributed by atoms with van der Waals surface area (Å²) in [6.45, 7) is 2.94. The molecule has 28 heavy (non-hydrogen) atoms. The second kappa shape index (κ2) is 10.5. The van der Waals surface area contributed by atoms with Crippen molar-refractivity contribution in [2.45, 2.75) is 11.1 Å². The summed E-state index contributed by atoms with van der Waals surface area (Å²) in [4.78, 5) is 4.13. The van der Waals surface area contributed by atoms with Gasteiger partial charge in [-0.05, 0) is 31.2 Å². The van der Waals surface area contributed by atoms with Crippen LogP contribution in [0, 0.1) is 0 Å². The van der Waals surface area contributed by atoms with Gasteiger partial charge < -0.3 is 20.1 Å². The summed E-state index contributed by atoms with van der Waals surface area (Å²) in [5.74, 6) is 1.75. The van der Waals surface area contributed by atoms with Gasteiger partial charge in [0, 0.05) is 31.9 Å². The largest absolute Gasteiger partial charge is 0.493 e. The number of methoxy groups -OCH3 is 1. The van der Waals surface area contributed by atoms with Gasteiger partial charge in [0.15, 0.2) is 17.5 Å². The molecule has 2 rings (SSSR count). The zero-order chi connectivity index (χ0) is 20.6. The van der Waals surface area contributed by atoms with E-state index in [0.29, 0.717) is 34.9 Å². The molecule has 0 aliphatic carbocycles. The van der Waals surface area contributed by atoms with Gasteiger partial charge in [0.2, 0.25) is 10.0 Å². The van der Waals surface area contributed by atoms with E-state index in [1.54, 1.807) is 32.4 Å². The van der Waals surface area contributed by atoms with Crippen LogP contribution in [-0.4, -0.2) is 48.2 Å². The molecule has 0 amide bonds. The fourth-order valence-electron chi connectivity index (χ4n) is 2.22.